The summed E-state index contributed by atoms with van der Waals surface area (Å²) < 4.78 is 46.7. The van der Waals surface area contributed by atoms with Crippen LogP contribution in [0.4, 0.5) is 24.7 Å². The summed E-state index contributed by atoms with van der Waals surface area (Å²) in [6.07, 6.45) is -4.23. The Bertz CT molecular complexity index is 1400. The van der Waals surface area contributed by atoms with Gasteiger partial charge in [-0.05, 0) is 55.5 Å². The van der Waals surface area contributed by atoms with Crippen molar-refractivity contribution in [3.63, 3.8) is 0 Å². The molecular formula is C29H27F3N4O4. The summed E-state index contributed by atoms with van der Waals surface area (Å²) >= 11 is 0. The van der Waals surface area contributed by atoms with E-state index in [1.807, 2.05) is 12.1 Å². The third-order valence-electron chi connectivity index (χ3n) is 7.22. The highest BCUT2D eigenvalue weighted by molar-refractivity contribution is 6.45. The second kappa shape index (κ2) is 10.7. The van der Waals surface area contributed by atoms with E-state index < -0.39 is 35.6 Å². The first-order chi connectivity index (χ1) is 19.0. The number of carboxylic acids is 1. The van der Waals surface area contributed by atoms with Crippen molar-refractivity contribution in [3.8, 4) is 0 Å². The highest BCUT2D eigenvalue weighted by Crippen LogP contribution is 2.40. The Morgan fingerprint density at radius 3 is 2.27 bits per heavy atom. The Hall–Kier alpha value is -4.25. The van der Waals surface area contributed by atoms with Crippen molar-refractivity contribution in [1.82, 2.24) is 4.98 Å². The monoisotopic (exact) mass is 552 g/mol. The summed E-state index contributed by atoms with van der Waals surface area (Å²) in [6.45, 7) is 2.88. The Balaban J connectivity index is 1.23. The van der Waals surface area contributed by atoms with Crippen LogP contribution in [0.2, 0.25) is 0 Å². The standard InChI is InChI=1S/C29H27F3N4O4/c1-28(21-5-3-2-4-6-21)35-24(25(40-28)29(30,31)32)26(37)34-22-10-7-18(8-11-22)19-13-15-36(16-14-19)23-12-9-20(17-33-23)27(38)39/h2-12,17,19,25H,13-16H2,1H3,(H,34,37)(H,38,39). The zero-order chi connectivity index (χ0) is 28.5. The fourth-order valence-corrected chi connectivity index (χ4v) is 5.05. The molecule has 1 fully saturated rings. The number of nitrogens with zero attached hydrogens (tertiary/aromatic N) is 3. The van der Waals surface area contributed by atoms with Gasteiger partial charge in [-0.2, -0.15) is 13.2 Å². The van der Waals surface area contributed by atoms with Gasteiger partial charge >= 0.3 is 12.1 Å². The molecule has 2 aromatic carbocycles. The quantitative estimate of drug-likeness (QED) is 0.426. The minimum atomic E-state index is -4.81. The molecule has 11 heteroatoms. The molecule has 2 aliphatic heterocycles. The molecule has 2 aliphatic rings. The molecule has 0 radical (unpaired) electrons. The Morgan fingerprint density at radius 2 is 1.70 bits per heavy atom. The van der Waals surface area contributed by atoms with Crippen LogP contribution in [-0.2, 0) is 15.3 Å². The summed E-state index contributed by atoms with van der Waals surface area (Å²) in [5.74, 6) is -1.01. The summed E-state index contributed by atoms with van der Waals surface area (Å²) in [5.41, 5.74) is -0.405. The molecule has 0 bridgehead atoms. The van der Waals surface area contributed by atoms with Gasteiger partial charge in [0, 0.05) is 30.5 Å². The Labute approximate surface area is 228 Å². The van der Waals surface area contributed by atoms with Crippen molar-refractivity contribution < 1.29 is 32.6 Å². The maximum Gasteiger partial charge on any atom is 0.420 e. The molecular weight excluding hydrogens is 525 g/mol. The number of aliphatic imine (C=N–C) groups is 1. The van der Waals surface area contributed by atoms with Crippen LogP contribution in [-0.4, -0.2) is 53.0 Å². The third-order valence-corrected chi connectivity index (χ3v) is 7.22. The van der Waals surface area contributed by atoms with E-state index in [0.29, 0.717) is 11.3 Å². The fraction of sp³-hybridized carbons (Fsp3) is 0.310. The molecule has 5 rings (SSSR count). The maximum absolute atomic E-state index is 13.8. The zero-order valence-electron chi connectivity index (χ0n) is 21.6. The number of benzene rings is 2. The van der Waals surface area contributed by atoms with Crippen LogP contribution >= 0.6 is 0 Å². The minimum Gasteiger partial charge on any atom is -0.478 e. The molecule has 0 spiro atoms. The SMILES string of the molecule is CC1(c2ccccc2)N=C(C(=O)Nc2ccc(C3CCN(c4ccc(C(=O)O)cn4)CC3)cc2)C(C(F)(F)F)O1. The van der Waals surface area contributed by atoms with E-state index in [2.05, 4.69) is 20.2 Å². The van der Waals surface area contributed by atoms with E-state index in [4.69, 9.17) is 9.84 Å². The average Bonchev–Trinajstić information content (AvgIpc) is 3.34. The molecule has 3 aromatic rings. The number of rotatable bonds is 6. The fourth-order valence-electron chi connectivity index (χ4n) is 5.05. The van der Waals surface area contributed by atoms with Gasteiger partial charge in [0.2, 0.25) is 6.10 Å². The molecule has 40 heavy (non-hydrogen) atoms. The molecule has 2 N–H and O–H groups in total. The largest absolute Gasteiger partial charge is 0.478 e. The molecule has 0 aliphatic carbocycles. The number of carboxylic acid groups (broad SMARTS) is 1. The molecule has 3 heterocycles. The maximum atomic E-state index is 13.8. The van der Waals surface area contributed by atoms with E-state index >= 15 is 0 Å². The van der Waals surface area contributed by atoms with Crippen LogP contribution in [0.3, 0.4) is 0 Å². The van der Waals surface area contributed by atoms with Crippen LogP contribution in [0.25, 0.3) is 0 Å². The molecule has 8 nitrogen and oxygen atoms in total. The first-order valence-electron chi connectivity index (χ1n) is 12.8. The van der Waals surface area contributed by atoms with Gasteiger partial charge in [0.15, 0.2) is 5.72 Å². The van der Waals surface area contributed by atoms with Crippen molar-refractivity contribution in [2.45, 2.75) is 43.7 Å². The number of piperidine rings is 1. The lowest BCUT2D eigenvalue weighted by Crippen LogP contribution is -2.42. The van der Waals surface area contributed by atoms with Gasteiger partial charge in [-0.15, -0.1) is 0 Å². The number of halogens is 3. The summed E-state index contributed by atoms with van der Waals surface area (Å²) in [5, 5.41) is 11.6. The van der Waals surface area contributed by atoms with Crippen molar-refractivity contribution >= 4 is 29.1 Å². The summed E-state index contributed by atoms with van der Waals surface area (Å²) in [6, 6.07) is 18.6. The second-order valence-electron chi connectivity index (χ2n) is 9.93. The molecule has 208 valence electrons. The van der Waals surface area contributed by atoms with Crippen molar-refractivity contribution in [2.75, 3.05) is 23.3 Å². The number of carbonyl (C=O) groups excluding carboxylic acids is 1. The molecule has 1 aromatic heterocycles. The van der Waals surface area contributed by atoms with E-state index in [9.17, 15) is 22.8 Å². The number of anilines is 2. The summed E-state index contributed by atoms with van der Waals surface area (Å²) in [7, 11) is 0. The van der Waals surface area contributed by atoms with Crippen molar-refractivity contribution in [3.05, 3.63) is 89.6 Å². The Morgan fingerprint density at radius 1 is 1.02 bits per heavy atom. The van der Waals surface area contributed by atoms with E-state index in [1.165, 1.54) is 19.2 Å². The highest BCUT2D eigenvalue weighted by atomic mass is 19.4. The first-order valence-corrected chi connectivity index (χ1v) is 12.8. The molecule has 1 amide bonds. The van der Waals surface area contributed by atoms with Gasteiger partial charge in [0.05, 0.1) is 5.56 Å². The minimum absolute atomic E-state index is 0.137. The van der Waals surface area contributed by atoms with E-state index in [0.717, 1.165) is 37.3 Å². The van der Waals surface area contributed by atoms with Gasteiger partial charge < -0.3 is 20.1 Å². The number of carbonyl (C=O) groups is 2. The van der Waals surface area contributed by atoms with Crippen LogP contribution < -0.4 is 10.2 Å². The molecule has 2 unspecified atom stereocenters. The van der Waals surface area contributed by atoms with Crippen molar-refractivity contribution in [2.24, 2.45) is 4.99 Å². The van der Waals surface area contributed by atoms with Gasteiger partial charge in [0.1, 0.15) is 11.5 Å². The lowest BCUT2D eigenvalue weighted by molar-refractivity contribution is -0.218. The molecule has 2 atom stereocenters. The first kappa shape index (κ1) is 27.3. The van der Waals surface area contributed by atoms with Crippen LogP contribution in [0.15, 0.2) is 77.9 Å². The molecule has 1 saturated heterocycles. The highest BCUT2D eigenvalue weighted by Gasteiger charge is 2.55. The number of alkyl halides is 3. The summed E-state index contributed by atoms with van der Waals surface area (Å²) in [4.78, 5) is 34.4. The van der Waals surface area contributed by atoms with E-state index in [-0.39, 0.29) is 11.5 Å². The zero-order valence-corrected chi connectivity index (χ0v) is 21.6. The average molecular weight is 553 g/mol. The lowest BCUT2D eigenvalue weighted by Gasteiger charge is -2.33. The van der Waals surface area contributed by atoms with Gasteiger partial charge in [-0.1, -0.05) is 42.5 Å². The number of hydrogen-bond acceptors (Lipinski definition) is 6. The second-order valence-corrected chi connectivity index (χ2v) is 9.93. The smallest absolute Gasteiger partial charge is 0.420 e. The van der Waals surface area contributed by atoms with Crippen molar-refractivity contribution in [1.29, 1.82) is 0 Å². The lowest BCUT2D eigenvalue weighted by atomic mass is 9.89. The van der Waals surface area contributed by atoms with Crippen LogP contribution in [0, 0.1) is 0 Å². The number of ether oxygens (including phenoxy) is 1. The predicted molar refractivity (Wildman–Crippen MR) is 143 cm³/mol. The number of hydrogen-bond donors (Lipinski definition) is 2. The molecule has 0 saturated carbocycles. The number of aromatic carboxylic acids is 1. The Kier molecular flexibility index (Phi) is 7.33. The van der Waals surface area contributed by atoms with E-state index in [1.54, 1.807) is 48.5 Å². The van der Waals surface area contributed by atoms with Crippen LogP contribution in [0.1, 0.15) is 47.2 Å². The number of aromatic nitrogens is 1. The van der Waals surface area contributed by atoms with Crippen LogP contribution in [0.5, 0.6) is 0 Å². The third kappa shape index (κ3) is 5.69. The number of nitrogens with one attached hydrogen (secondary N) is 1. The number of pyridine rings is 1. The van der Waals surface area contributed by atoms with Gasteiger partial charge in [0.25, 0.3) is 5.91 Å². The van der Waals surface area contributed by atoms with Gasteiger partial charge in [-0.3, -0.25) is 4.79 Å². The predicted octanol–water partition coefficient (Wildman–Crippen LogP) is 5.38. The van der Waals surface area contributed by atoms with Gasteiger partial charge in [-0.25, -0.2) is 14.8 Å². The normalized spacial score (nSPS) is 21.6. The number of amides is 1. The topological polar surface area (TPSA) is 104 Å².